The molecule has 0 aromatic heterocycles. The summed E-state index contributed by atoms with van der Waals surface area (Å²) >= 11 is 0. The van der Waals surface area contributed by atoms with Crippen LogP contribution in [0.5, 0.6) is 17.2 Å². The molecule has 0 saturated heterocycles. The molecule has 7 heteroatoms. The van der Waals surface area contributed by atoms with E-state index in [2.05, 4.69) is 0 Å². The molecule has 0 radical (unpaired) electrons. The predicted octanol–water partition coefficient (Wildman–Crippen LogP) is -3.57. The van der Waals surface area contributed by atoms with Crippen molar-refractivity contribution in [2.45, 2.75) is 0 Å². The second-order valence-electron chi connectivity index (χ2n) is 2.17. The number of carbonyl (C=O) groups is 1. The van der Waals surface area contributed by atoms with E-state index in [1.807, 2.05) is 0 Å². The van der Waals surface area contributed by atoms with E-state index in [4.69, 9.17) is 20.4 Å². The maximum absolute atomic E-state index is 10.3. The van der Waals surface area contributed by atoms with Crippen LogP contribution >= 0.6 is 0 Å². The van der Waals surface area contributed by atoms with Crippen molar-refractivity contribution in [2.75, 3.05) is 0 Å². The van der Waals surface area contributed by atoms with Crippen molar-refractivity contribution in [3.8, 4) is 17.2 Å². The Kier molecular flexibility index (Phi) is 6.55. The summed E-state index contributed by atoms with van der Waals surface area (Å²) in [5, 5.41) is 35.0. The monoisotopic (exact) mass is 208 g/mol. The van der Waals surface area contributed by atoms with E-state index in [9.17, 15) is 4.79 Å². The van der Waals surface area contributed by atoms with Gasteiger partial charge in [-0.1, -0.05) is 0 Å². The van der Waals surface area contributed by atoms with Gasteiger partial charge in [0, 0.05) is 0 Å². The SMILES string of the molecule is O=C(O)c1cc(O)c(O)c(O)c1.[AlH3].[H-].[Li+]. The third kappa shape index (κ3) is 3.17. The van der Waals surface area contributed by atoms with Crippen molar-refractivity contribution in [1.29, 1.82) is 0 Å². The first kappa shape index (κ1) is 15.7. The van der Waals surface area contributed by atoms with Crippen molar-refractivity contribution in [1.82, 2.24) is 0 Å². The topological polar surface area (TPSA) is 98.0 Å². The van der Waals surface area contributed by atoms with E-state index in [1.165, 1.54) is 0 Å². The van der Waals surface area contributed by atoms with Crippen LogP contribution < -0.4 is 18.9 Å². The summed E-state index contributed by atoms with van der Waals surface area (Å²) < 4.78 is 0. The Morgan fingerprint density at radius 1 is 1.14 bits per heavy atom. The number of carboxylic acids is 1. The zero-order valence-corrected chi connectivity index (χ0v) is 6.85. The first-order chi connectivity index (χ1) is 5.52. The molecule has 5 nitrogen and oxygen atoms in total. The Hall–Kier alpha value is -0.780. The molecule has 0 atom stereocenters. The van der Waals surface area contributed by atoms with Crippen LogP contribution in [0.3, 0.4) is 0 Å². The second-order valence-corrected chi connectivity index (χ2v) is 2.17. The fourth-order valence-corrected chi connectivity index (χ4v) is 0.728. The van der Waals surface area contributed by atoms with Gasteiger partial charge in [-0.2, -0.15) is 0 Å². The largest absolute Gasteiger partial charge is 1.00 e. The molecule has 1 rings (SSSR count). The summed E-state index contributed by atoms with van der Waals surface area (Å²) in [6, 6.07) is 1.69. The van der Waals surface area contributed by atoms with Gasteiger partial charge in [-0.3, -0.25) is 0 Å². The summed E-state index contributed by atoms with van der Waals surface area (Å²) in [6.07, 6.45) is 0. The molecule has 1 aromatic rings. The van der Waals surface area contributed by atoms with E-state index in [0.717, 1.165) is 12.1 Å². The minimum Gasteiger partial charge on any atom is -1.00 e. The summed E-state index contributed by atoms with van der Waals surface area (Å²) in [5.74, 6) is -3.33. The van der Waals surface area contributed by atoms with Crippen LogP contribution in [0.15, 0.2) is 12.1 Å². The smallest absolute Gasteiger partial charge is 1.00 e. The van der Waals surface area contributed by atoms with Crippen LogP contribution in [0.1, 0.15) is 11.8 Å². The normalized spacial score (nSPS) is 8.29. The number of phenolic OH excluding ortho intramolecular Hbond substituents is 3. The van der Waals surface area contributed by atoms with Gasteiger partial charge < -0.3 is 21.9 Å². The first-order valence-corrected chi connectivity index (χ1v) is 3.00. The van der Waals surface area contributed by atoms with E-state index in [1.54, 1.807) is 0 Å². The molecular weight excluding hydrogens is 198 g/mol. The molecule has 0 unspecified atom stereocenters. The maximum Gasteiger partial charge on any atom is 1.00 e. The quantitative estimate of drug-likeness (QED) is 0.283. The van der Waals surface area contributed by atoms with Gasteiger partial charge in [-0.25, -0.2) is 4.79 Å². The fraction of sp³-hybridized carbons (Fsp3) is 0. The van der Waals surface area contributed by atoms with Gasteiger partial charge in [0.15, 0.2) is 34.6 Å². The van der Waals surface area contributed by atoms with E-state index >= 15 is 0 Å². The summed E-state index contributed by atoms with van der Waals surface area (Å²) in [5.41, 5.74) is -0.289. The van der Waals surface area contributed by atoms with E-state index in [-0.39, 0.29) is 43.2 Å². The predicted molar refractivity (Wildman–Crippen MR) is 49.4 cm³/mol. The fourth-order valence-electron chi connectivity index (χ4n) is 0.728. The number of benzene rings is 1. The van der Waals surface area contributed by atoms with E-state index < -0.39 is 23.2 Å². The maximum atomic E-state index is 10.3. The zero-order chi connectivity index (χ0) is 9.30. The Bertz CT molecular complexity index is 323. The van der Waals surface area contributed by atoms with Crippen LogP contribution in [0, 0.1) is 0 Å². The van der Waals surface area contributed by atoms with Crippen LogP contribution in [-0.4, -0.2) is 43.8 Å². The Morgan fingerprint density at radius 2 is 1.50 bits per heavy atom. The number of carboxylic acid groups (broad SMARTS) is 1. The Labute approximate surface area is 104 Å². The van der Waals surface area contributed by atoms with Crippen molar-refractivity contribution in [3.05, 3.63) is 17.7 Å². The Morgan fingerprint density at radius 3 is 1.79 bits per heavy atom. The molecule has 14 heavy (non-hydrogen) atoms. The van der Waals surface area contributed by atoms with E-state index in [0.29, 0.717) is 0 Å². The second kappa shape index (κ2) is 5.85. The molecule has 0 aliphatic rings. The summed E-state index contributed by atoms with van der Waals surface area (Å²) in [7, 11) is 0. The molecule has 0 amide bonds. The molecule has 4 N–H and O–H groups in total. The molecule has 0 heterocycles. The van der Waals surface area contributed by atoms with Gasteiger partial charge in [0.2, 0.25) is 0 Å². The van der Waals surface area contributed by atoms with Gasteiger partial charge in [0.25, 0.3) is 0 Å². The van der Waals surface area contributed by atoms with Crippen molar-refractivity contribution < 1.29 is 45.5 Å². The summed E-state index contributed by atoms with van der Waals surface area (Å²) in [4.78, 5) is 10.3. The zero-order valence-electron chi connectivity index (χ0n) is 7.85. The summed E-state index contributed by atoms with van der Waals surface area (Å²) in [6.45, 7) is 0. The molecular formula is C7H10AlLiO5. The molecule has 0 spiro atoms. The van der Waals surface area contributed by atoms with Crippen molar-refractivity contribution in [2.24, 2.45) is 0 Å². The first-order valence-electron chi connectivity index (χ1n) is 3.00. The van der Waals surface area contributed by atoms with Crippen LogP contribution in [0.25, 0.3) is 0 Å². The minimum absolute atomic E-state index is 0. The average Bonchev–Trinajstić information content (AvgIpc) is 1.99. The standard InChI is InChI=1S/C7H6O5.Al.Li.4H/c8-4-1-3(7(11)12)2-5(9)6(4)10;;;;;;/h1-2,8-10H,(H,11,12);;;;;;/q;;+1;;;;-1. The third-order valence-electron chi connectivity index (χ3n) is 1.32. The van der Waals surface area contributed by atoms with Crippen LogP contribution in [-0.2, 0) is 0 Å². The van der Waals surface area contributed by atoms with Gasteiger partial charge >= 0.3 is 24.8 Å². The number of rotatable bonds is 1. The minimum atomic E-state index is -1.29. The average molecular weight is 208 g/mol. The number of aromatic carboxylic acids is 1. The third-order valence-corrected chi connectivity index (χ3v) is 1.32. The molecule has 0 fully saturated rings. The van der Waals surface area contributed by atoms with Gasteiger partial charge in [0.1, 0.15) is 0 Å². The van der Waals surface area contributed by atoms with Crippen LogP contribution in [0.4, 0.5) is 0 Å². The van der Waals surface area contributed by atoms with Crippen molar-refractivity contribution in [3.63, 3.8) is 0 Å². The van der Waals surface area contributed by atoms with Gasteiger partial charge in [-0.05, 0) is 12.1 Å². The Balaban J connectivity index is -0.000000480. The van der Waals surface area contributed by atoms with Gasteiger partial charge in [-0.15, -0.1) is 0 Å². The number of aromatic hydroxyl groups is 3. The molecule has 0 saturated carbocycles. The van der Waals surface area contributed by atoms with Crippen LogP contribution in [0.2, 0.25) is 0 Å². The number of phenols is 3. The number of hydrogen-bond donors (Lipinski definition) is 4. The van der Waals surface area contributed by atoms with Gasteiger partial charge in [0.05, 0.1) is 5.56 Å². The molecule has 72 valence electrons. The van der Waals surface area contributed by atoms with Crippen molar-refractivity contribution >= 4 is 23.3 Å². The molecule has 0 aliphatic heterocycles. The number of hydrogen-bond acceptors (Lipinski definition) is 4. The molecule has 0 bridgehead atoms. The molecule has 0 aliphatic carbocycles. The molecule has 1 aromatic carbocycles.